The molecule has 29 heavy (non-hydrogen) atoms. The van der Waals surface area contributed by atoms with E-state index in [1.54, 1.807) is 25.3 Å². The molecule has 7 heteroatoms. The number of para-hydroxylation sites is 1. The highest BCUT2D eigenvalue weighted by molar-refractivity contribution is 6.31. The van der Waals surface area contributed by atoms with E-state index in [0.29, 0.717) is 34.5 Å². The molecular weight excluding hydrogens is 413 g/mol. The highest BCUT2D eigenvalue weighted by Crippen LogP contribution is 2.30. The van der Waals surface area contributed by atoms with Gasteiger partial charge in [-0.3, -0.25) is 4.79 Å². The highest BCUT2D eigenvalue weighted by Gasteiger charge is 2.15. The predicted molar refractivity (Wildman–Crippen MR) is 115 cm³/mol. The average molecular weight is 432 g/mol. The van der Waals surface area contributed by atoms with Gasteiger partial charge < -0.3 is 19.9 Å². The van der Waals surface area contributed by atoms with Crippen molar-refractivity contribution in [2.45, 2.75) is 6.42 Å². The van der Waals surface area contributed by atoms with E-state index in [1.807, 2.05) is 24.3 Å². The van der Waals surface area contributed by atoms with Crippen LogP contribution in [0.2, 0.25) is 10.0 Å². The minimum atomic E-state index is -0.526. The van der Waals surface area contributed by atoms with E-state index in [4.69, 9.17) is 32.7 Å². The van der Waals surface area contributed by atoms with E-state index in [-0.39, 0.29) is 11.3 Å². The second kappa shape index (κ2) is 9.54. The lowest BCUT2D eigenvalue weighted by atomic mass is 10.1. The number of aromatic hydroxyl groups is 1. The van der Waals surface area contributed by atoms with Gasteiger partial charge in [-0.2, -0.15) is 0 Å². The third-order valence-electron chi connectivity index (χ3n) is 4.21. The molecule has 0 unspecified atom stereocenters. The van der Waals surface area contributed by atoms with Crippen LogP contribution < -0.4 is 14.8 Å². The Balaban J connectivity index is 1.74. The van der Waals surface area contributed by atoms with Crippen LogP contribution in [0.15, 0.2) is 60.7 Å². The maximum atomic E-state index is 12.6. The predicted octanol–water partition coefficient (Wildman–Crippen LogP) is 5.58. The molecule has 2 N–H and O–H groups in total. The third kappa shape index (κ3) is 5.34. The summed E-state index contributed by atoms with van der Waals surface area (Å²) in [7, 11) is 1.62. The van der Waals surface area contributed by atoms with Crippen LogP contribution in [0.4, 0.5) is 5.69 Å². The first-order chi connectivity index (χ1) is 14.0. The van der Waals surface area contributed by atoms with Crippen molar-refractivity contribution in [3.8, 4) is 17.2 Å². The van der Waals surface area contributed by atoms with E-state index in [9.17, 15) is 9.90 Å². The van der Waals surface area contributed by atoms with E-state index < -0.39 is 5.91 Å². The van der Waals surface area contributed by atoms with Gasteiger partial charge in [0.15, 0.2) is 0 Å². The zero-order chi connectivity index (χ0) is 20.8. The van der Waals surface area contributed by atoms with Crippen molar-refractivity contribution in [1.29, 1.82) is 0 Å². The molecule has 0 radical (unpaired) electrons. The van der Waals surface area contributed by atoms with Crippen LogP contribution in [-0.2, 0) is 6.42 Å². The Morgan fingerprint density at radius 1 is 1.00 bits per heavy atom. The summed E-state index contributed by atoms with van der Waals surface area (Å²) in [6, 6.07) is 16.9. The third-order valence-corrected chi connectivity index (χ3v) is 4.68. The number of amides is 1. The summed E-state index contributed by atoms with van der Waals surface area (Å²) in [5.74, 6) is 0.547. The fourth-order valence-corrected chi connectivity index (χ4v) is 3.13. The summed E-state index contributed by atoms with van der Waals surface area (Å²) >= 11 is 12.0. The first-order valence-corrected chi connectivity index (χ1v) is 9.57. The number of hydrogen-bond donors (Lipinski definition) is 2. The number of nitrogens with one attached hydrogen (secondary N) is 1. The number of benzene rings is 3. The summed E-state index contributed by atoms with van der Waals surface area (Å²) < 4.78 is 11.2. The number of rotatable bonds is 7. The molecule has 0 bridgehead atoms. The van der Waals surface area contributed by atoms with E-state index in [2.05, 4.69) is 5.32 Å². The number of methoxy groups -OCH3 is 1. The lowest BCUT2D eigenvalue weighted by Gasteiger charge is -2.14. The fourth-order valence-electron chi connectivity index (χ4n) is 2.79. The van der Waals surface area contributed by atoms with Gasteiger partial charge in [0.2, 0.25) is 0 Å². The molecule has 3 aromatic rings. The van der Waals surface area contributed by atoms with Crippen LogP contribution >= 0.6 is 23.2 Å². The second-order valence-electron chi connectivity index (χ2n) is 6.17. The number of phenols is 1. The molecule has 150 valence electrons. The van der Waals surface area contributed by atoms with Crippen LogP contribution in [0.3, 0.4) is 0 Å². The van der Waals surface area contributed by atoms with Crippen molar-refractivity contribution in [3.05, 3.63) is 81.8 Å². The Hall–Kier alpha value is -2.89. The van der Waals surface area contributed by atoms with Crippen molar-refractivity contribution < 1.29 is 19.4 Å². The van der Waals surface area contributed by atoms with Gasteiger partial charge in [0.05, 0.1) is 25.0 Å². The zero-order valence-corrected chi connectivity index (χ0v) is 17.1. The number of hydrogen-bond acceptors (Lipinski definition) is 4. The Morgan fingerprint density at radius 2 is 1.72 bits per heavy atom. The molecule has 0 saturated heterocycles. The minimum absolute atomic E-state index is 0.0532. The van der Waals surface area contributed by atoms with Gasteiger partial charge in [-0.25, -0.2) is 0 Å². The van der Waals surface area contributed by atoms with Crippen LogP contribution in [0.1, 0.15) is 15.9 Å². The first kappa shape index (κ1) is 20.8. The number of ether oxygens (including phenoxy) is 2. The van der Waals surface area contributed by atoms with E-state index in [0.717, 1.165) is 11.3 Å². The van der Waals surface area contributed by atoms with Gasteiger partial charge >= 0.3 is 0 Å². The number of carbonyl (C=O) groups is 1. The normalized spacial score (nSPS) is 10.4. The number of halogens is 2. The van der Waals surface area contributed by atoms with Crippen LogP contribution in [0.25, 0.3) is 0 Å². The summed E-state index contributed by atoms with van der Waals surface area (Å²) in [6.07, 6.45) is 0.620. The standard InChI is InChI=1S/C22H19Cl2NO4/c1-28-20-5-3-2-4-14(20)10-11-29-21-9-7-16(24)13-18(21)25-22(27)17-12-15(23)6-8-19(17)26/h2-9,12-13,26H,10-11H2,1H3,(H,25,27). The Bertz CT molecular complexity index is 1020. The van der Waals surface area contributed by atoms with Gasteiger partial charge in [-0.15, -0.1) is 0 Å². The van der Waals surface area contributed by atoms with E-state index >= 15 is 0 Å². The van der Waals surface area contributed by atoms with Gasteiger partial charge in [-0.05, 0) is 48.0 Å². The summed E-state index contributed by atoms with van der Waals surface area (Å²) in [5.41, 5.74) is 1.46. The molecule has 0 heterocycles. The van der Waals surface area contributed by atoms with E-state index in [1.165, 1.54) is 18.2 Å². The molecule has 0 aromatic heterocycles. The van der Waals surface area contributed by atoms with Gasteiger partial charge in [0.25, 0.3) is 5.91 Å². The molecule has 3 rings (SSSR count). The zero-order valence-electron chi connectivity index (χ0n) is 15.6. The Morgan fingerprint density at radius 3 is 2.52 bits per heavy atom. The lowest BCUT2D eigenvalue weighted by Crippen LogP contribution is -2.14. The maximum Gasteiger partial charge on any atom is 0.259 e. The maximum absolute atomic E-state index is 12.6. The SMILES string of the molecule is COc1ccccc1CCOc1ccc(Cl)cc1NC(=O)c1cc(Cl)ccc1O. The number of carbonyl (C=O) groups excluding carboxylic acids is 1. The topological polar surface area (TPSA) is 67.8 Å². The molecule has 0 aliphatic carbocycles. The largest absolute Gasteiger partial charge is 0.507 e. The monoisotopic (exact) mass is 431 g/mol. The minimum Gasteiger partial charge on any atom is -0.507 e. The number of anilines is 1. The Kier molecular flexibility index (Phi) is 6.86. The van der Waals surface area contributed by atoms with Crippen LogP contribution in [-0.4, -0.2) is 24.7 Å². The van der Waals surface area contributed by atoms with Crippen molar-refractivity contribution in [2.24, 2.45) is 0 Å². The summed E-state index contributed by atoms with van der Waals surface area (Å²) in [5, 5.41) is 13.4. The molecule has 5 nitrogen and oxygen atoms in total. The van der Waals surface area contributed by atoms with Crippen molar-refractivity contribution >= 4 is 34.8 Å². The highest BCUT2D eigenvalue weighted by atomic mass is 35.5. The summed E-state index contributed by atoms with van der Waals surface area (Å²) in [6.45, 7) is 0.368. The van der Waals surface area contributed by atoms with Gasteiger partial charge in [0.1, 0.15) is 17.2 Å². The molecule has 0 aliphatic rings. The smallest absolute Gasteiger partial charge is 0.259 e. The van der Waals surface area contributed by atoms with Crippen LogP contribution in [0, 0.1) is 0 Å². The van der Waals surface area contributed by atoms with Crippen molar-refractivity contribution in [2.75, 3.05) is 19.0 Å². The lowest BCUT2D eigenvalue weighted by molar-refractivity contribution is 0.102. The molecule has 0 saturated carbocycles. The van der Waals surface area contributed by atoms with Gasteiger partial charge in [-0.1, -0.05) is 41.4 Å². The average Bonchev–Trinajstić information content (AvgIpc) is 2.71. The first-order valence-electron chi connectivity index (χ1n) is 8.82. The molecule has 0 spiro atoms. The quantitative estimate of drug-likeness (QED) is 0.512. The molecule has 3 aromatic carbocycles. The Labute approximate surface area is 178 Å². The van der Waals surface area contributed by atoms with Crippen LogP contribution in [0.5, 0.6) is 17.2 Å². The molecular formula is C22H19Cl2NO4. The second-order valence-corrected chi connectivity index (χ2v) is 7.04. The summed E-state index contributed by atoms with van der Waals surface area (Å²) in [4.78, 5) is 12.6. The number of phenolic OH excluding ortho intramolecular Hbond substituents is 1. The van der Waals surface area contributed by atoms with Crippen molar-refractivity contribution in [1.82, 2.24) is 0 Å². The van der Waals surface area contributed by atoms with Gasteiger partial charge in [0, 0.05) is 16.5 Å². The van der Waals surface area contributed by atoms with Crippen molar-refractivity contribution in [3.63, 3.8) is 0 Å². The molecule has 0 atom stereocenters. The molecule has 1 amide bonds. The fraction of sp³-hybridized carbons (Fsp3) is 0.136. The molecule has 0 fully saturated rings. The molecule has 0 aliphatic heterocycles.